The molecule has 8 heteroatoms. The highest BCUT2D eigenvalue weighted by atomic mass is 35.5. The van der Waals surface area contributed by atoms with Crippen LogP contribution in [0.5, 0.6) is 5.75 Å². The predicted octanol–water partition coefficient (Wildman–Crippen LogP) is 4.82. The van der Waals surface area contributed by atoms with E-state index in [1.807, 2.05) is 6.07 Å². The normalized spacial score (nSPS) is 15.4. The number of methoxy groups -OCH3 is 1. The number of aromatic nitrogens is 1. The molecule has 1 N–H and O–H groups in total. The van der Waals surface area contributed by atoms with Crippen molar-refractivity contribution in [3.05, 3.63) is 53.6 Å². The van der Waals surface area contributed by atoms with Crippen LogP contribution in [0.3, 0.4) is 0 Å². The van der Waals surface area contributed by atoms with E-state index in [1.54, 1.807) is 53.9 Å². The first-order valence-electron chi connectivity index (χ1n) is 9.49. The minimum absolute atomic E-state index is 0.311. The number of halogens is 1. The number of hydrogen-bond acceptors (Lipinski definition) is 5. The Labute approximate surface area is 175 Å². The van der Waals surface area contributed by atoms with Crippen molar-refractivity contribution in [1.82, 2.24) is 9.29 Å². The van der Waals surface area contributed by atoms with Gasteiger partial charge in [0.1, 0.15) is 11.6 Å². The number of nitrogens with one attached hydrogen (secondary N) is 1. The highest BCUT2D eigenvalue weighted by molar-refractivity contribution is 7.89. The highest BCUT2D eigenvalue weighted by Gasteiger charge is 2.26. The lowest BCUT2D eigenvalue weighted by Crippen LogP contribution is -2.35. The molecule has 0 atom stereocenters. The lowest BCUT2D eigenvalue weighted by atomic mass is 10.2. The minimum atomic E-state index is -3.47. The van der Waals surface area contributed by atoms with Gasteiger partial charge in [-0.2, -0.15) is 4.31 Å². The maximum Gasteiger partial charge on any atom is 0.243 e. The van der Waals surface area contributed by atoms with Crippen LogP contribution in [0.1, 0.15) is 19.3 Å². The average molecular weight is 432 g/mol. The fourth-order valence-electron chi connectivity index (χ4n) is 3.50. The Morgan fingerprint density at radius 3 is 2.59 bits per heavy atom. The predicted molar refractivity (Wildman–Crippen MR) is 116 cm³/mol. The van der Waals surface area contributed by atoms with E-state index in [2.05, 4.69) is 10.3 Å². The summed E-state index contributed by atoms with van der Waals surface area (Å²) >= 11 is 6.08. The number of ether oxygens (including phenoxy) is 1. The van der Waals surface area contributed by atoms with Gasteiger partial charge in [0.25, 0.3) is 0 Å². The number of nitrogens with zero attached hydrogens (tertiary/aromatic N) is 2. The molecule has 2 heterocycles. The van der Waals surface area contributed by atoms with Gasteiger partial charge in [0.15, 0.2) is 0 Å². The van der Waals surface area contributed by atoms with Crippen LogP contribution in [0.15, 0.2) is 53.4 Å². The third kappa shape index (κ3) is 4.17. The molecule has 4 rings (SSSR count). The first-order valence-corrected chi connectivity index (χ1v) is 11.3. The van der Waals surface area contributed by atoms with Gasteiger partial charge in [-0.25, -0.2) is 13.4 Å². The number of sulfonamides is 1. The molecule has 0 spiro atoms. The molecule has 0 unspecified atom stereocenters. The standard InChI is InChI=1S/C21H22ClN3O3S/c1-28-20-9-6-16(22)14-19(20)24-21-10-5-15-13-17(7-8-18(15)23-21)29(26,27)25-11-3-2-4-12-25/h5-10,13-14H,2-4,11-12H2,1H3,(H,23,24). The molecule has 0 saturated carbocycles. The molecule has 0 bridgehead atoms. The van der Waals surface area contributed by atoms with Crippen molar-refractivity contribution in [2.24, 2.45) is 0 Å². The van der Waals surface area contributed by atoms with Gasteiger partial charge in [-0.1, -0.05) is 18.0 Å². The monoisotopic (exact) mass is 431 g/mol. The minimum Gasteiger partial charge on any atom is -0.495 e. The summed E-state index contributed by atoms with van der Waals surface area (Å²) in [5, 5.41) is 4.56. The fraction of sp³-hybridized carbons (Fsp3) is 0.286. The Kier molecular flexibility index (Phi) is 5.63. The first-order chi connectivity index (χ1) is 14.0. The lowest BCUT2D eigenvalue weighted by molar-refractivity contribution is 0.346. The summed E-state index contributed by atoms with van der Waals surface area (Å²) in [6.07, 6.45) is 2.91. The van der Waals surface area contributed by atoms with Gasteiger partial charge in [-0.3, -0.25) is 0 Å². The average Bonchev–Trinajstić information content (AvgIpc) is 2.74. The summed E-state index contributed by atoms with van der Waals surface area (Å²) < 4.78 is 32.7. The number of benzene rings is 2. The molecule has 2 aromatic carbocycles. The maximum atomic E-state index is 12.9. The second-order valence-corrected chi connectivity index (χ2v) is 9.36. The second-order valence-electron chi connectivity index (χ2n) is 6.99. The molecule has 29 heavy (non-hydrogen) atoms. The van der Waals surface area contributed by atoms with E-state index in [9.17, 15) is 8.42 Å². The summed E-state index contributed by atoms with van der Waals surface area (Å²) in [4.78, 5) is 4.90. The molecule has 1 aliphatic rings. The maximum absolute atomic E-state index is 12.9. The van der Waals surface area contributed by atoms with Gasteiger partial charge in [0, 0.05) is 23.5 Å². The highest BCUT2D eigenvalue weighted by Crippen LogP contribution is 2.31. The van der Waals surface area contributed by atoms with Gasteiger partial charge in [-0.05, 0) is 61.4 Å². The zero-order chi connectivity index (χ0) is 20.4. The largest absolute Gasteiger partial charge is 0.495 e. The Bertz CT molecular complexity index is 1150. The van der Waals surface area contributed by atoms with E-state index >= 15 is 0 Å². The molecule has 0 aliphatic carbocycles. The summed E-state index contributed by atoms with van der Waals surface area (Å²) in [6, 6.07) is 14.0. The molecular formula is C21H22ClN3O3S. The van der Waals surface area contributed by atoms with Crippen LogP contribution >= 0.6 is 11.6 Å². The van der Waals surface area contributed by atoms with E-state index < -0.39 is 10.0 Å². The molecule has 1 saturated heterocycles. The molecular weight excluding hydrogens is 410 g/mol. The van der Waals surface area contributed by atoms with Crippen molar-refractivity contribution in [1.29, 1.82) is 0 Å². The van der Waals surface area contributed by atoms with E-state index in [0.29, 0.717) is 45.8 Å². The van der Waals surface area contributed by atoms with Gasteiger partial charge < -0.3 is 10.1 Å². The van der Waals surface area contributed by atoms with Gasteiger partial charge >= 0.3 is 0 Å². The smallest absolute Gasteiger partial charge is 0.243 e. The number of anilines is 2. The zero-order valence-electron chi connectivity index (χ0n) is 16.1. The van der Waals surface area contributed by atoms with Gasteiger partial charge in [-0.15, -0.1) is 0 Å². The summed E-state index contributed by atoms with van der Waals surface area (Å²) in [5.74, 6) is 1.27. The summed E-state index contributed by atoms with van der Waals surface area (Å²) in [7, 11) is -1.88. The second kappa shape index (κ2) is 8.18. The Hall–Kier alpha value is -2.35. The van der Waals surface area contributed by atoms with Crippen molar-refractivity contribution in [3.8, 4) is 5.75 Å². The number of piperidine rings is 1. The van der Waals surface area contributed by atoms with Crippen molar-refractivity contribution in [3.63, 3.8) is 0 Å². The molecule has 0 amide bonds. The van der Waals surface area contributed by atoms with Crippen LogP contribution in [0.25, 0.3) is 10.9 Å². The third-order valence-electron chi connectivity index (χ3n) is 5.04. The summed E-state index contributed by atoms with van der Waals surface area (Å²) in [5.41, 5.74) is 1.41. The SMILES string of the molecule is COc1ccc(Cl)cc1Nc1ccc2cc(S(=O)(=O)N3CCCCC3)ccc2n1. The molecule has 6 nitrogen and oxygen atoms in total. The number of hydrogen-bond donors (Lipinski definition) is 1. The van der Waals surface area contributed by atoms with Crippen LogP contribution in [0.2, 0.25) is 5.02 Å². The first kappa shape index (κ1) is 19.9. The molecule has 1 fully saturated rings. The van der Waals surface area contributed by atoms with Crippen molar-refractivity contribution < 1.29 is 13.2 Å². The van der Waals surface area contributed by atoms with Crippen LogP contribution in [0, 0.1) is 0 Å². The number of pyridine rings is 1. The topological polar surface area (TPSA) is 71.5 Å². The van der Waals surface area contributed by atoms with E-state index in [1.165, 1.54) is 0 Å². The van der Waals surface area contributed by atoms with Gasteiger partial charge in [0.05, 0.1) is 23.2 Å². The molecule has 1 aromatic heterocycles. The zero-order valence-corrected chi connectivity index (χ0v) is 17.6. The fourth-order valence-corrected chi connectivity index (χ4v) is 5.23. The quantitative estimate of drug-likeness (QED) is 0.627. The molecule has 152 valence electrons. The van der Waals surface area contributed by atoms with Crippen molar-refractivity contribution >= 4 is 44.0 Å². The lowest BCUT2D eigenvalue weighted by Gasteiger charge is -2.25. The van der Waals surface area contributed by atoms with Crippen molar-refractivity contribution in [2.75, 3.05) is 25.5 Å². The molecule has 0 radical (unpaired) electrons. The van der Waals surface area contributed by atoms with E-state index in [4.69, 9.17) is 16.3 Å². The Morgan fingerprint density at radius 2 is 1.83 bits per heavy atom. The Morgan fingerprint density at radius 1 is 1.03 bits per heavy atom. The van der Waals surface area contributed by atoms with E-state index in [-0.39, 0.29) is 0 Å². The van der Waals surface area contributed by atoms with Crippen LogP contribution in [0.4, 0.5) is 11.5 Å². The summed E-state index contributed by atoms with van der Waals surface area (Å²) in [6.45, 7) is 1.17. The third-order valence-corrected chi connectivity index (χ3v) is 7.17. The number of rotatable bonds is 5. The Balaban J connectivity index is 1.63. The number of fused-ring (bicyclic) bond motifs is 1. The van der Waals surface area contributed by atoms with Crippen LogP contribution in [-0.2, 0) is 10.0 Å². The molecule has 1 aliphatic heterocycles. The molecule has 3 aromatic rings. The van der Waals surface area contributed by atoms with Gasteiger partial charge in [0.2, 0.25) is 10.0 Å². The van der Waals surface area contributed by atoms with Crippen LogP contribution in [-0.4, -0.2) is 37.9 Å². The van der Waals surface area contributed by atoms with E-state index in [0.717, 1.165) is 24.6 Å². The van der Waals surface area contributed by atoms with Crippen molar-refractivity contribution in [2.45, 2.75) is 24.2 Å². The van der Waals surface area contributed by atoms with Crippen LogP contribution < -0.4 is 10.1 Å².